The normalized spacial score (nSPS) is 12.9. The number of rotatable bonds is 5. The van der Waals surface area contributed by atoms with E-state index in [1.165, 1.54) is 0 Å². The Kier molecular flexibility index (Phi) is 4.60. The van der Waals surface area contributed by atoms with Crippen molar-refractivity contribution < 1.29 is 9.94 Å². The predicted molar refractivity (Wildman–Crippen MR) is 80.0 cm³/mol. The smallest absolute Gasteiger partial charge is 0.180 e. The average Bonchev–Trinajstić information content (AvgIpc) is 2.53. The third-order valence-corrected chi connectivity index (χ3v) is 3.06. The molecule has 0 bridgehead atoms. The van der Waals surface area contributed by atoms with Crippen molar-refractivity contribution in [2.45, 2.75) is 19.4 Å². The molecular formula is C16H18N2O2. The molecule has 104 valence electrons. The monoisotopic (exact) mass is 270 g/mol. The molecule has 0 amide bonds. The molecule has 0 heterocycles. The molecule has 0 fully saturated rings. The molecule has 20 heavy (non-hydrogen) atoms. The zero-order chi connectivity index (χ0) is 14.4. The standard InChI is InChI=1S/C16H18N2O2/c1-2-15(16(17)18-19)20-14-10-8-13(9-11-14)12-6-4-3-5-7-12/h3-11,15,19H,2H2,1H3,(H2,17,18). The molecule has 0 spiro atoms. The van der Waals surface area contributed by atoms with E-state index in [0.29, 0.717) is 12.2 Å². The van der Waals surface area contributed by atoms with Crippen molar-refractivity contribution in [1.29, 1.82) is 0 Å². The number of nitrogens with two attached hydrogens (primary N) is 1. The van der Waals surface area contributed by atoms with Gasteiger partial charge in [-0.1, -0.05) is 54.5 Å². The van der Waals surface area contributed by atoms with Crippen LogP contribution in [0.1, 0.15) is 13.3 Å². The van der Waals surface area contributed by atoms with Crippen LogP contribution in [0.15, 0.2) is 59.8 Å². The van der Waals surface area contributed by atoms with Gasteiger partial charge in [-0.05, 0) is 29.7 Å². The molecule has 3 N–H and O–H groups in total. The van der Waals surface area contributed by atoms with Crippen molar-refractivity contribution in [2.75, 3.05) is 0 Å². The minimum atomic E-state index is -0.414. The van der Waals surface area contributed by atoms with Crippen LogP contribution < -0.4 is 10.5 Å². The SMILES string of the molecule is CCC(Oc1ccc(-c2ccccc2)cc1)C(N)=NO. The predicted octanol–water partition coefficient (Wildman–Crippen LogP) is 3.26. The highest BCUT2D eigenvalue weighted by Crippen LogP contribution is 2.22. The van der Waals surface area contributed by atoms with Crippen LogP contribution >= 0.6 is 0 Å². The molecule has 2 aromatic rings. The molecule has 1 unspecified atom stereocenters. The fourth-order valence-corrected chi connectivity index (χ4v) is 1.94. The molecular weight excluding hydrogens is 252 g/mol. The molecule has 0 saturated carbocycles. The highest BCUT2D eigenvalue weighted by Gasteiger charge is 2.13. The highest BCUT2D eigenvalue weighted by atomic mass is 16.5. The Bertz CT molecular complexity index is 565. The van der Waals surface area contributed by atoms with Crippen molar-refractivity contribution in [2.24, 2.45) is 10.9 Å². The van der Waals surface area contributed by atoms with E-state index in [1.54, 1.807) is 0 Å². The Hall–Kier alpha value is -2.49. The number of nitrogens with zero attached hydrogens (tertiary/aromatic N) is 1. The lowest BCUT2D eigenvalue weighted by molar-refractivity contribution is 0.246. The Morgan fingerprint density at radius 2 is 1.70 bits per heavy atom. The third kappa shape index (κ3) is 3.29. The second-order valence-electron chi connectivity index (χ2n) is 4.43. The Morgan fingerprint density at radius 3 is 2.25 bits per heavy atom. The summed E-state index contributed by atoms with van der Waals surface area (Å²) in [5.74, 6) is 0.780. The van der Waals surface area contributed by atoms with Crippen molar-refractivity contribution in [3.63, 3.8) is 0 Å². The lowest BCUT2D eigenvalue weighted by Gasteiger charge is -2.16. The van der Waals surface area contributed by atoms with Gasteiger partial charge in [-0.3, -0.25) is 0 Å². The van der Waals surface area contributed by atoms with E-state index in [9.17, 15) is 0 Å². The first kappa shape index (κ1) is 13.9. The summed E-state index contributed by atoms with van der Waals surface area (Å²) < 4.78 is 5.69. The first-order chi connectivity index (χ1) is 9.74. The lowest BCUT2D eigenvalue weighted by atomic mass is 10.1. The van der Waals surface area contributed by atoms with Crippen LogP contribution in [0.25, 0.3) is 11.1 Å². The maximum Gasteiger partial charge on any atom is 0.180 e. The topological polar surface area (TPSA) is 67.8 Å². The zero-order valence-electron chi connectivity index (χ0n) is 11.4. The summed E-state index contributed by atoms with van der Waals surface area (Å²) in [6, 6.07) is 17.9. The molecule has 0 aliphatic rings. The fraction of sp³-hybridized carbons (Fsp3) is 0.188. The number of hydrogen-bond donors (Lipinski definition) is 2. The molecule has 0 radical (unpaired) electrons. The van der Waals surface area contributed by atoms with Crippen LogP contribution in [0, 0.1) is 0 Å². The molecule has 2 rings (SSSR count). The highest BCUT2D eigenvalue weighted by molar-refractivity contribution is 5.84. The number of amidine groups is 1. The van der Waals surface area contributed by atoms with Gasteiger partial charge in [-0.2, -0.15) is 0 Å². The van der Waals surface area contributed by atoms with E-state index < -0.39 is 6.10 Å². The summed E-state index contributed by atoms with van der Waals surface area (Å²) in [6.45, 7) is 1.92. The molecule has 0 aliphatic heterocycles. The van der Waals surface area contributed by atoms with Gasteiger partial charge >= 0.3 is 0 Å². The van der Waals surface area contributed by atoms with Crippen LogP contribution in [0.3, 0.4) is 0 Å². The van der Waals surface area contributed by atoms with Crippen LogP contribution in [-0.4, -0.2) is 17.1 Å². The van der Waals surface area contributed by atoms with E-state index >= 15 is 0 Å². The maximum atomic E-state index is 8.69. The van der Waals surface area contributed by atoms with E-state index in [2.05, 4.69) is 17.3 Å². The number of oxime groups is 1. The van der Waals surface area contributed by atoms with Gasteiger partial charge in [0, 0.05) is 0 Å². The van der Waals surface area contributed by atoms with Gasteiger partial charge in [0.1, 0.15) is 5.75 Å². The Balaban J connectivity index is 2.13. The van der Waals surface area contributed by atoms with E-state index in [1.807, 2.05) is 49.4 Å². The van der Waals surface area contributed by atoms with Gasteiger partial charge in [-0.15, -0.1) is 0 Å². The van der Waals surface area contributed by atoms with Gasteiger partial charge in [-0.25, -0.2) is 0 Å². The zero-order valence-corrected chi connectivity index (χ0v) is 11.4. The number of benzene rings is 2. The molecule has 0 aliphatic carbocycles. The van der Waals surface area contributed by atoms with E-state index in [0.717, 1.165) is 11.1 Å². The summed E-state index contributed by atoms with van der Waals surface area (Å²) in [5, 5.41) is 11.7. The summed E-state index contributed by atoms with van der Waals surface area (Å²) in [4.78, 5) is 0. The largest absolute Gasteiger partial charge is 0.482 e. The van der Waals surface area contributed by atoms with Crippen LogP contribution in [-0.2, 0) is 0 Å². The van der Waals surface area contributed by atoms with Crippen molar-refractivity contribution in [3.8, 4) is 16.9 Å². The van der Waals surface area contributed by atoms with E-state index in [4.69, 9.17) is 15.7 Å². The number of ether oxygens (including phenoxy) is 1. The van der Waals surface area contributed by atoms with Crippen LogP contribution in [0.5, 0.6) is 5.75 Å². The average molecular weight is 270 g/mol. The Morgan fingerprint density at radius 1 is 1.10 bits per heavy atom. The minimum absolute atomic E-state index is 0.0830. The van der Waals surface area contributed by atoms with Gasteiger partial charge in [0.15, 0.2) is 11.9 Å². The molecule has 4 nitrogen and oxygen atoms in total. The number of hydrogen-bond acceptors (Lipinski definition) is 3. The van der Waals surface area contributed by atoms with Crippen molar-refractivity contribution in [1.82, 2.24) is 0 Å². The van der Waals surface area contributed by atoms with Gasteiger partial charge in [0.25, 0.3) is 0 Å². The van der Waals surface area contributed by atoms with Gasteiger partial charge in [0.2, 0.25) is 0 Å². The molecule has 0 aromatic heterocycles. The Labute approximate surface area is 118 Å². The minimum Gasteiger partial charge on any atom is -0.482 e. The van der Waals surface area contributed by atoms with Crippen LogP contribution in [0.2, 0.25) is 0 Å². The molecule has 2 aromatic carbocycles. The molecule has 1 atom stereocenters. The quantitative estimate of drug-likeness (QED) is 0.379. The summed E-state index contributed by atoms with van der Waals surface area (Å²) in [6.07, 6.45) is 0.221. The van der Waals surface area contributed by atoms with Gasteiger partial charge in [0.05, 0.1) is 0 Å². The van der Waals surface area contributed by atoms with Gasteiger partial charge < -0.3 is 15.7 Å². The van der Waals surface area contributed by atoms with Crippen molar-refractivity contribution in [3.05, 3.63) is 54.6 Å². The fourth-order valence-electron chi connectivity index (χ4n) is 1.94. The second-order valence-corrected chi connectivity index (χ2v) is 4.43. The first-order valence-corrected chi connectivity index (χ1v) is 6.54. The molecule has 0 saturated heterocycles. The summed E-state index contributed by atoms with van der Waals surface area (Å²) in [5.41, 5.74) is 7.85. The second kappa shape index (κ2) is 6.61. The summed E-state index contributed by atoms with van der Waals surface area (Å²) in [7, 11) is 0. The summed E-state index contributed by atoms with van der Waals surface area (Å²) >= 11 is 0. The lowest BCUT2D eigenvalue weighted by Crippen LogP contribution is -2.33. The molecule has 4 heteroatoms. The van der Waals surface area contributed by atoms with Crippen molar-refractivity contribution >= 4 is 5.84 Å². The first-order valence-electron chi connectivity index (χ1n) is 6.54. The third-order valence-electron chi connectivity index (χ3n) is 3.06. The van der Waals surface area contributed by atoms with Crippen LogP contribution in [0.4, 0.5) is 0 Å². The maximum absolute atomic E-state index is 8.69. The van der Waals surface area contributed by atoms with E-state index in [-0.39, 0.29) is 5.84 Å².